The van der Waals surface area contributed by atoms with Crippen LogP contribution in [0.25, 0.3) is 5.70 Å². The van der Waals surface area contributed by atoms with Gasteiger partial charge in [-0.3, -0.25) is 5.01 Å². The third-order valence-electron chi connectivity index (χ3n) is 5.45. The number of nitrogens with one attached hydrogen (secondary N) is 1. The molecule has 146 valence electrons. The van der Waals surface area contributed by atoms with Crippen LogP contribution < -0.4 is 21.8 Å². The zero-order valence-electron chi connectivity index (χ0n) is 16.8. The highest BCUT2D eigenvalue weighted by Gasteiger charge is 2.23. The molecule has 1 aromatic carbocycles. The average molecular weight is 368 g/mol. The Balaban J connectivity index is 1.65. The van der Waals surface area contributed by atoms with Crippen LogP contribution in [0.5, 0.6) is 0 Å². The summed E-state index contributed by atoms with van der Waals surface area (Å²) in [6, 6.07) is 7.42. The number of hydrogen-bond donors (Lipinski definition) is 3. The summed E-state index contributed by atoms with van der Waals surface area (Å²) in [5, 5.41) is 9.98. The minimum absolute atomic E-state index is 0.563. The molecule has 0 amide bonds. The number of benzene rings is 1. The van der Waals surface area contributed by atoms with Crippen molar-refractivity contribution in [3.63, 3.8) is 0 Å². The third-order valence-corrected chi connectivity index (χ3v) is 5.45. The summed E-state index contributed by atoms with van der Waals surface area (Å²) < 4.78 is 0. The SMILES string of the molecule is Cc1cc(N2CCC=N2)ccc1/C(N)=C/C=C(\N)CC1CC(C)NC(C)C1. The molecule has 1 saturated heterocycles. The first-order valence-corrected chi connectivity index (χ1v) is 10.0. The van der Waals surface area contributed by atoms with Crippen LogP contribution in [0.15, 0.2) is 41.1 Å². The van der Waals surface area contributed by atoms with Crippen molar-refractivity contribution in [2.45, 2.75) is 58.5 Å². The second-order valence-corrected chi connectivity index (χ2v) is 8.08. The maximum Gasteiger partial charge on any atom is 0.0596 e. The molecule has 5 heteroatoms. The summed E-state index contributed by atoms with van der Waals surface area (Å²) in [4.78, 5) is 0. The van der Waals surface area contributed by atoms with E-state index in [1.165, 1.54) is 12.8 Å². The van der Waals surface area contributed by atoms with Crippen molar-refractivity contribution in [1.82, 2.24) is 5.32 Å². The monoisotopic (exact) mass is 367 g/mol. The number of allylic oxidation sites excluding steroid dienone is 3. The first-order chi connectivity index (χ1) is 12.9. The van der Waals surface area contributed by atoms with Gasteiger partial charge in [0, 0.05) is 48.2 Å². The Labute approximate surface area is 163 Å². The molecular formula is C22H33N5. The van der Waals surface area contributed by atoms with Gasteiger partial charge in [-0.05, 0) is 75.8 Å². The van der Waals surface area contributed by atoms with Gasteiger partial charge in [0.05, 0.1) is 5.69 Å². The zero-order valence-corrected chi connectivity index (χ0v) is 16.8. The van der Waals surface area contributed by atoms with Crippen LogP contribution in [0.1, 0.15) is 50.7 Å². The smallest absolute Gasteiger partial charge is 0.0596 e. The van der Waals surface area contributed by atoms with E-state index in [9.17, 15) is 0 Å². The molecular weight excluding hydrogens is 334 g/mol. The lowest BCUT2D eigenvalue weighted by Crippen LogP contribution is -2.42. The Bertz CT molecular complexity index is 739. The molecule has 5 N–H and O–H groups in total. The lowest BCUT2D eigenvalue weighted by Gasteiger charge is -2.33. The van der Waals surface area contributed by atoms with Crippen molar-refractivity contribution in [2.24, 2.45) is 22.5 Å². The highest BCUT2D eigenvalue weighted by molar-refractivity contribution is 5.71. The molecule has 1 fully saturated rings. The number of anilines is 1. The van der Waals surface area contributed by atoms with Crippen LogP contribution in [0.4, 0.5) is 5.69 Å². The van der Waals surface area contributed by atoms with Gasteiger partial charge < -0.3 is 16.8 Å². The van der Waals surface area contributed by atoms with Gasteiger partial charge >= 0.3 is 0 Å². The molecule has 0 bridgehead atoms. The zero-order chi connectivity index (χ0) is 19.4. The molecule has 2 atom stereocenters. The highest BCUT2D eigenvalue weighted by atomic mass is 15.5. The van der Waals surface area contributed by atoms with E-state index >= 15 is 0 Å². The molecule has 5 nitrogen and oxygen atoms in total. The van der Waals surface area contributed by atoms with E-state index in [0.29, 0.717) is 18.0 Å². The van der Waals surface area contributed by atoms with E-state index in [4.69, 9.17) is 11.5 Å². The van der Waals surface area contributed by atoms with E-state index < -0.39 is 0 Å². The van der Waals surface area contributed by atoms with Crippen LogP contribution in [0.3, 0.4) is 0 Å². The van der Waals surface area contributed by atoms with Gasteiger partial charge in [-0.2, -0.15) is 5.10 Å². The number of rotatable bonds is 5. The minimum atomic E-state index is 0.563. The van der Waals surface area contributed by atoms with Gasteiger partial charge in [0.1, 0.15) is 0 Å². The van der Waals surface area contributed by atoms with Crippen molar-refractivity contribution in [3.8, 4) is 0 Å². The normalized spacial score (nSPS) is 26.6. The largest absolute Gasteiger partial charge is 0.402 e. The van der Waals surface area contributed by atoms with E-state index in [-0.39, 0.29) is 0 Å². The summed E-state index contributed by atoms with van der Waals surface area (Å²) in [6.45, 7) is 7.53. The summed E-state index contributed by atoms with van der Waals surface area (Å²) in [7, 11) is 0. The van der Waals surface area contributed by atoms with Crippen molar-refractivity contribution < 1.29 is 0 Å². The molecule has 0 aliphatic carbocycles. The van der Waals surface area contributed by atoms with Crippen LogP contribution in [0, 0.1) is 12.8 Å². The maximum absolute atomic E-state index is 6.33. The molecule has 2 unspecified atom stereocenters. The van der Waals surface area contributed by atoms with Crippen LogP contribution in [0.2, 0.25) is 0 Å². The Morgan fingerprint density at radius 1 is 1.22 bits per heavy atom. The Morgan fingerprint density at radius 3 is 2.59 bits per heavy atom. The number of nitrogens with zero attached hydrogens (tertiary/aromatic N) is 2. The first kappa shape index (κ1) is 19.5. The average Bonchev–Trinajstić information content (AvgIpc) is 3.13. The van der Waals surface area contributed by atoms with Gasteiger partial charge in [-0.1, -0.05) is 6.07 Å². The predicted molar refractivity (Wildman–Crippen MR) is 115 cm³/mol. The maximum atomic E-state index is 6.33. The topological polar surface area (TPSA) is 79.7 Å². The van der Waals surface area contributed by atoms with Crippen LogP contribution >= 0.6 is 0 Å². The van der Waals surface area contributed by atoms with Crippen LogP contribution in [-0.2, 0) is 0 Å². The Hall–Kier alpha value is -2.27. The van der Waals surface area contributed by atoms with Crippen molar-refractivity contribution in [3.05, 3.63) is 47.2 Å². The molecule has 1 aromatic rings. The molecule has 0 radical (unpaired) electrons. The standard InChI is InChI=1S/C22H33N5/c1-15-11-20(27-10-4-9-25-27)6-7-21(15)22(24)8-5-19(23)14-18-12-16(2)26-17(3)13-18/h5-9,11,16-18,26H,4,10,12-14,23-24H2,1-3H3/b19-5-,22-8-. The number of piperidine rings is 1. The minimum Gasteiger partial charge on any atom is -0.402 e. The molecule has 3 rings (SSSR count). The number of aryl methyl sites for hydroxylation is 1. The first-order valence-electron chi connectivity index (χ1n) is 10.0. The third kappa shape index (κ3) is 5.13. The molecule has 0 spiro atoms. The van der Waals surface area contributed by atoms with Gasteiger partial charge in [0.2, 0.25) is 0 Å². The second kappa shape index (κ2) is 8.61. The quantitative estimate of drug-likeness (QED) is 0.696. The molecule has 2 aliphatic rings. The summed E-state index contributed by atoms with van der Waals surface area (Å²) >= 11 is 0. The predicted octanol–water partition coefficient (Wildman–Crippen LogP) is 3.50. The number of hydrogen-bond acceptors (Lipinski definition) is 5. The fraction of sp³-hybridized carbons (Fsp3) is 0.500. The molecule has 2 aliphatic heterocycles. The summed E-state index contributed by atoms with van der Waals surface area (Å²) in [5.74, 6) is 0.643. The Morgan fingerprint density at radius 2 is 1.96 bits per heavy atom. The number of nitrogens with two attached hydrogens (primary N) is 2. The molecule has 0 saturated carbocycles. The highest BCUT2D eigenvalue weighted by Crippen LogP contribution is 2.26. The van der Waals surface area contributed by atoms with Crippen molar-refractivity contribution in [1.29, 1.82) is 0 Å². The molecule has 0 aromatic heterocycles. The van der Waals surface area contributed by atoms with E-state index in [1.807, 2.05) is 23.4 Å². The fourth-order valence-electron chi connectivity index (χ4n) is 4.29. The van der Waals surface area contributed by atoms with Gasteiger partial charge in [-0.25, -0.2) is 0 Å². The summed E-state index contributed by atoms with van der Waals surface area (Å²) in [5.41, 5.74) is 17.6. The van der Waals surface area contributed by atoms with Gasteiger partial charge in [-0.15, -0.1) is 0 Å². The molecule has 2 heterocycles. The summed E-state index contributed by atoms with van der Waals surface area (Å²) in [6.07, 6.45) is 10.2. The fourth-order valence-corrected chi connectivity index (χ4v) is 4.29. The van der Waals surface area contributed by atoms with Gasteiger partial charge in [0.25, 0.3) is 0 Å². The lowest BCUT2D eigenvalue weighted by molar-refractivity contribution is 0.261. The van der Waals surface area contributed by atoms with E-state index in [2.05, 4.69) is 49.4 Å². The lowest BCUT2D eigenvalue weighted by atomic mass is 9.86. The van der Waals surface area contributed by atoms with Crippen molar-refractivity contribution in [2.75, 3.05) is 11.6 Å². The van der Waals surface area contributed by atoms with Gasteiger partial charge in [0.15, 0.2) is 0 Å². The van der Waals surface area contributed by atoms with Crippen molar-refractivity contribution >= 4 is 17.6 Å². The number of hydrazone groups is 1. The molecule has 27 heavy (non-hydrogen) atoms. The second-order valence-electron chi connectivity index (χ2n) is 8.08. The van der Waals surface area contributed by atoms with E-state index in [0.717, 1.165) is 47.6 Å². The van der Waals surface area contributed by atoms with Crippen LogP contribution in [-0.4, -0.2) is 24.8 Å². The van der Waals surface area contributed by atoms with E-state index in [1.54, 1.807) is 0 Å². The Kier molecular flexibility index (Phi) is 6.22.